The molecule has 0 heterocycles. The average molecular weight is 171 g/mol. The van der Waals surface area contributed by atoms with Gasteiger partial charge in [-0.05, 0) is 32.1 Å². The predicted octanol–water partition coefficient (Wildman–Crippen LogP) is 1.50. The van der Waals surface area contributed by atoms with Crippen LogP contribution in [0.2, 0.25) is 0 Å². The van der Waals surface area contributed by atoms with E-state index in [1.165, 1.54) is 6.42 Å². The van der Waals surface area contributed by atoms with E-state index in [1.807, 2.05) is 0 Å². The van der Waals surface area contributed by atoms with E-state index in [0.29, 0.717) is 18.9 Å². The highest BCUT2D eigenvalue weighted by atomic mass is 19.1. The van der Waals surface area contributed by atoms with E-state index >= 15 is 0 Å². The van der Waals surface area contributed by atoms with Crippen LogP contribution < -0.4 is 0 Å². The molecule has 2 fully saturated rings. The van der Waals surface area contributed by atoms with Crippen molar-refractivity contribution in [2.45, 2.75) is 43.8 Å². The largest absolute Gasteiger partial charge is 0.340 e. The van der Waals surface area contributed by atoms with Gasteiger partial charge < -0.3 is 4.90 Å². The highest BCUT2D eigenvalue weighted by Crippen LogP contribution is 2.42. The maximum Gasteiger partial charge on any atom is 0.260 e. The van der Waals surface area contributed by atoms with Gasteiger partial charge in [-0.2, -0.15) is 0 Å². The Labute approximate surface area is 71.7 Å². The highest BCUT2D eigenvalue weighted by molar-refractivity contribution is 5.88. The van der Waals surface area contributed by atoms with Crippen molar-refractivity contribution in [1.29, 1.82) is 0 Å². The standard InChI is InChI=1S/C9H14FNO/c1-11(7-3-2-4-7)8(12)9(10)5-6-9/h7H,2-6H2,1H3. The van der Waals surface area contributed by atoms with E-state index in [1.54, 1.807) is 11.9 Å². The number of alkyl halides is 1. The van der Waals surface area contributed by atoms with Gasteiger partial charge in [0.2, 0.25) is 0 Å². The molecule has 2 aliphatic rings. The number of rotatable bonds is 2. The van der Waals surface area contributed by atoms with E-state index in [2.05, 4.69) is 0 Å². The van der Waals surface area contributed by atoms with E-state index < -0.39 is 5.67 Å². The second-order valence-corrected chi connectivity index (χ2v) is 3.97. The molecule has 2 saturated carbocycles. The molecule has 0 unspecified atom stereocenters. The molecule has 2 nitrogen and oxygen atoms in total. The molecule has 12 heavy (non-hydrogen) atoms. The van der Waals surface area contributed by atoms with Crippen LogP contribution in [0, 0.1) is 0 Å². The van der Waals surface area contributed by atoms with Crippen LogP contribution in [0.1, 0.15) is 32.1 Å². The number of hydrogen-bond acceptors (Lipinski definition) is 1. The van der Waals surface area contributed by atoms with Crippen LogP contribution in [0.4, 0.5) is 4.39 Å². The number of hydrogen-bond donors (Lipinski definition) is 0. The Kier molecular flexibility index (Phi) is 1.63. The fourth-order valence-electron chi connectivity index (χ4n) is 1.58. The zero-order valence-corrected chi connectivity index (χ0v) is 7.35. The lowest BCUT2D eigenvalue weighted by atomic mass is 9.91. The summed E-state index contributed by atoms with van der Waals surface area (Å²) in [6.07, 6.45) is 4.16. The van der Waals surface area contributed by atoms with Crippen LogP contribution in [0.25, 0.3) is 0 Å². The van der Waals surface area contributed by atoms with E-state index in [4.69, 9.17) is 0 Å². The summed E-state index contributed by atoms with van der Waals surface area (Å²) in [6.45, 7) is 0. The van der Waals surface area contributed by atoms with Crippen LogP contribution in [-0.4, -0.2) is 29.6 Å². The van der Waals surface area contributed by atoms with Crippen LogP contribution in [0.3, 0.4) is 0 Å². The minimum absolute atomic E-state index is 0.285. The molecule has 0 saturated heterocycles. The molecule has 2 rings (SSSR count). The predicted molar refractivity (Wildman–Crippen MR) is 43.5 cm³/mol. The van der Waals surface area contributed by atoms with Gasteiger partial charge in [-0.15, -0.1) is 0 Å². The molecule has 0 spiro atoms. The molecule has 0 bridgehead atoms. The van der Waals surface area contributed by atoms with E-state index in [9.17, 15) is 9.18 Å². The maximum absolute atomic E-state index is 13.3. The van der Waals surface area contributed by atoms with Gasteiger partial charge in [0.05, 0.1) is 0 Å². The zero-order chi connectivity index (χ0) is 8.77. The van der Waals surface area contributed by atoms with Gasteiger partial charge in [-0.3, -0.25) is 4.79 Å². The SMILES string of the molecule is CN(C(=O)C1(F)CC1)C1CCC1. The van der Waals surface area contributed by atoms with Crippen LogP contribution in [0.5, 0.6) is 0 Å². The summed E-state index contributed by atoms with van der Waals surface area (Å²) in [5.74, 6) is -0.285. The Balaban J connectivity index is 1.94. The lowest BCUT2D eigenvalue weighted by Crippen LogP contribution is -2.45. The molecular weight excluding hydrogens is 157 g/mol. The fourth-order valence-corrected chi connectivity index (χ4v) is 1.58. The van der Waals surface area contributed by atoms with Gasteiger partial charge in [-0.1, -0.05) is 0 Å². The van der Waals surface area contributed by atoms with Crippen molar-refractivity contribution >= 4 is 5.91 Å². The summed E-state index contributed by atoms with van der Waals surface area (Å²) in [5.41, 5.74) is -1.47. The highest BCUT2D eigenvalue weighted by Gasteiger charge is 2.53. The smallest absolute Gasteiger partial charge is 0.260 e. The summed E-state index contributed by atoms with van der Waals surface area (Å²) >= 11 is 0. The number of nitrogens with zero attached hydrogens (tertiary/aromatic N) is 1. The zero-order valence-electron chi connectivity index (χ0n) is 7.35. The quantitative estimate of drug-likeness (QED) is 0.616. The molecule has 0 atom stereocenters. The molecule has 0 aromatic carbocycles. The first-order valence-corrected chi connectivity index (χ1v) is 4.60. The summed E-state index contributed by atoms with van der Waals surface area (Å²) < 4.78 is 13.3. The molecule has 0 aliphatic heterocycles. The third-order valence-electron chi connectivity index (χ3n) is 3.02. The van der Waals surface area contributed by atoms with Gasteiger partial charge >= 0.3 is 0 Å². The summed E-state index contributed by atoms with van der Waals surface area (Å²) in [7, 11) is 1.73. The van der Waals surface area contributed by atoms with Crippen LogP contribution >= 0.6 is 0 Å². The Morgan fingerprint density at radius 1 is 1.50 bits per heavy atom. The first kappa shape index (κ1) is 8.02. The van der Waals surface area contributed by atoms with E-state index in [0.717, 1.165) is 12.8 Å². The first-order chi connectivity index (χ1) is 5.63. The van der Waals surface area contributed by atoms with Crippen molar-refractivity contribution in [2.75, 3.05) is 7.05 Å². The molecule has 1 amide bonds. The third kappa shape index (κ3) is 1.11. The van der Waals surface area contributed by atoms with Crippen molar-refractivity contribution in [2.24, 2.45) is 0 Å². The Hall–Kier alpha value is -0.600. The third-order valence-corrected chi connectivity index (χ3v) is 3.02. The lowest BCUT2D eigenvalue weighted by molar-refractivity contribution is -0.140. The molecule has 2 aliphatic carbocycles. The van der Waals surface area contributed by atoms with Crippen molar-refractivity contribution in [3.63, 3.8) is 0 Å². The number of carbonyl (C=O) groups excluding carboxylic acids is 1. The molecular formula is C9H14FNO. The Morgan fingerprint density at radius 2 is 2.08 bits per heavy atom. The van der Waals surface area contributed by atoms with Crippen molar-refractivity contribution < 1.29 is 9.18 Å². The number of halogens is 1. The summed E-state index contributed by atoms with van der Waals surface area (Å²) in [4.78, 5) is 13.0. The number of amides is 1. The topological polar surface area (TPSA) is 20.3 Å². The Morgan fingerprint density at radius 3 is 2.42 bits per heavy atom. The molecule has 68 valence electrons. The maximum atomic E-state index is 13.3. The van der Waals surface area contributed by atoms with Crippen LogP contribution in [0.15, 0.2) is 0 Å². The Bertz CT molecular complexity index is 209. The van der Waals surface area contributed by atoms with Crippen molar-refractivity contribution in [3.8, 4) is 0 Å². The molecule has 0 N–H and O–H groups in total. The second-order valence-electron chi connectivity index (χ2n) is 3.97. The molecule has 3 heteroatoms. The average Bonchev–Trinajstić information content (AvgIpc) is 2.64. The molecule has 0 aromatic heterocycles. The monoisotopic (exact) mass is 171 g/mol. The second kappa shape index (κ2) is 2.44. The van der Waals surface area contributed by atoms with Gasteiger partial charge in [-0.25, -0.2) is 4.39 Å². The van der Waals surface area contributed by atoms with Crippen LogP contribution in [-0.2, 0) is 4.79 Å². The fraction of sp³-hybridized carbons (Fsp3) is 0.889. The van der Waals surface area contributed by atoms with Gasteiger partial charge in [0.15, 0.2) is 5.67 Å². The van der Waals surface area contributed by atoms with Crippen molar-refractivity contribution in [3.05, 3.63) is 0 Å². The summed E-state index contributed by atoms with van der Waals surface area (Å²) in [5, 5.41) is 0. The minimum Gasteiger partial charge on any atom is -0.340 e. The molecule has 0 radical (unpaired) electrons. The summed E-state index contributed by atoms with van der Waals surface area (Å²) in [6, 6.07) is 0.325. The van der Waals surface area contributed by atoms with Gasteiger partial charge in [0.1, 0.15) is 0 Å². The van der Waals surface area contributed by atoms with Gasteiger partial charge in [0.25, 0.3) is 5.91 Å². The van der Waals surface area contributed by atoms with Gasteiger partial charge in [0, 0.05) is 13.1 Å². The van der Waals surface area contributed by atoms with E-state index in [-0.39, 0.29) is 5.91 Å². The number of carbonyl (C=O) groups is 1. The molecule has 0 aromatic rings. The first-order valence-electron chi connectivity index (χ1n) is 4.60. The minimum atomic E-state index is -1.47. The normalized spacial score (nSPS) is 26.2. The van der Waals surface area contributed by atoms with Crippen molar-refractivity contribution in [1.82, 2.24) is 4.90 Å². The lowest BCUT2D eigenvalue weighted by Gasteiger charge is -2.35.